The van der Waals surface area contributed by atoms with Crippen LogP contribution in [0.3, 0.4) is 0 Å². The van der Waals surface area contributed by atoms with Gasteiger partial charge in [-0.05, 0) is 31.6 Å². The Hall–Kier alpha value is -2.84. The summed E-state index contributed by atoms with van der Waals surface area (Å²) in [5.74, 6) is 1.22. The Bertz CT molecular complexity index is 801. The number of nitrogens with one attached hydrogen (secondary N) is 1. The number of nitrogens with zero attached hydrogens (tertiary/aromatic N) is 5. The number of anilines is 1. The quantitative estimate of drug-likeness (QED) is 0.755. The summed E-state index contributed by atoms with van der Waals surface area (Å²) in [6.07, 6.45) is 1.73. The molecule has 1 atom stereocenters. The number of aliphatic imine (C=N–C) groups is 2. The summed E-state index contributed by atoms with van der Waals surface area (Å²) in [5.41, 5.74) is 2.56. The summed E-state index contributed by atoms with van der Waals surface area (Å²) in [4.78, 5) is 19.1. The first-order chi connectivity index (χ1) is 13.1. The van der Waals surface area contributed by atoms with Gasteiger partial charge in [-0.15, -0.1) is 0 Å². The van der Waals surface area contributed by atoms with Crippen LogP contribution < -0.4 is 15.0 Å². The van der Waals surface area contributed by atoms with E-state index in [-0.39, 0.29) is 6.10 Å². The van der Waals surface area contributed by atoms with Crippen molar-refractivity contribution >= 4 is 30.6 Å². The molecule has 0 aliphatic carbocycles. The zero-order valence-corrected chi connectivity index (χ0v) is 15.7. The second kappa shape index (κ2) is 8.70. The monoisotopic (exact) mass is 368 g/mol. The van der Waals surface area contributed by atoms with Crippen LogP contribution in [0.5, 0.6) is 5.88 Å². The highest BCUT2D eigenvalue weighted by Gasteiger charge is 2.18. The van der Waals surface area contributed by atoms with E-state index in [1.807, 2.05) is 31.1 Å². The van der Waals surface area contributed by atoms with Crippen molar-refractivity contribution in [1.82, 2.24) is 15.3 Å². The van der Waals surface area contributed by atoms with Gasteiger partial charge < -0.3 is 19.7 Å². The molecule has 8 nitrogen and oxygen atoms in total. The first-order valence-corrected chi connectivity index (χ1v) is 8.69. The SMILES string of the molecule is C=Nc1cc(-c2ccc(N(C)C)nc2)nc(OC[C@H]2CNCCO2)c1N=C. The first kappa shape index (κ1) is 18.9. The molecule has 0 unspecified atom stereocenters. The summed E-state index contributed by atoms with van der Waals surface area (Å²) in [7, 11) is 3.89. The lowest BCUT2D eigenvalue weighted by Gasteiger charge is -2.23. The molecular weight excluding hydrogens is 344 g/mol. The van der Waals surface area contributed by atoms with Crippen molar-refractivity contribution in [2.45, 2.75) is 6.10 Å². The first-order valence-electron chi connectivity index (χ1n) is 8.69. The Morgan fingerprint density at radius 2 is 2.19 bits per heavy atom. The Kier molecular flexibility index (Phi) is 6.10. The molecule has 2 aromatic heterocycles. The van der Waals surface area contributed by atoms with Gasteiger partial charge >= 0.3 is 0 Å². The second-order valence-corrected chi connectivity index (χ2v) is 6.30. The number of pyridine rings is 2. The van der Waals surface area contributed by atoms with Crippen molar-refractivity contribution in [1.29, 1.82) is 0 Å². The van der Waals surface area contributed by atoms with Gasteiger partial charge in [0.25, 0.3) is 0 Å². The molecule has 142 valence electrons. The zero-order valence-electron chi connectivity index (χ0n) is 15.7. The summed E-state index contributed by atoms with van der Waals surface area (Å²) in [5, 5.41) is 3.27. The largest absolute Gasteiger partial charge is 0.473 e. The van der Waals surface area contributed by atoms with Crippen LogP contribution >= 0.6 is 0 Å². The molecule has 0 spiro atoms. The van der Waals surface area contributed by atoms with Gasteiger partial charge in [0.05, 0.1) is 18.0 Å². The van der Waals surface area contributed by atoms with Gasteiger partial charge in [-0.25, -0.2) is 9.97 Å². The van der Waals surface area contributed by atoms with Gasteiger partial charge in [-0.1, -0.05) is 0 Å². The van der Waals surface area contributed by atoms with Gasteiger partial charge in [0.15, 0.2) is 0 Å². The molecule has 0 aromatic carbocycles. The lowest BCUT2D eigenvalue weighted by atomic mass is 10.1. The lowest BCUT2D eigenvalue weighted by Crippen LogP contribution is -2.41. The molecule has 1 fully saturated rings. The molecule has 8 heteroatoms. The van der Waals surface area contributed by atoms with Gasteiger partial charge in [0, 0.05) is 38.9 Å². The van der Waals surface area contributed by atoms with Gasteiger partial charge in [0.2, 0.25) is 5.88 Å². The molecule has 0 amide bonds. The topological polar surface area (TPSA) is 84.2 Å². The van der Waals surface area contributed by atoms with Crippen molar-refractivity contribution in [3.63, 3.8) is 0 Å². The number of morpholine rings is 1. The van der Waals surface area contributed by atoms with Gasteiger partial charge in [0.1, 0.15) is 24.2 Å². The molecule has 1 aliphatic heterocycles. The minimum Gasteiger partial charge on any atom is -0.473 e. The molecule has 2 aromatic rings. The van der Waals surface area contributed by atoms with Crippen LogP contribution in [0, 0.1) is 0 Å². The molecule has 0 saturated carbocycles. The van der Waals surface area contributed by atoms with Crippen molar-refractivity contribution in [3.05, 3.63) is 24.4 Å². The maximum absolute atomic E-state index is 5.91. The molecule has 1 aliphatic rings. The van der Waals surface area contributed by atoms with Crippen LogP contribution in [-0.4, -0.2) is 69.9 Å². The minimum atomic E-state index is -0.0388. The maximum atomic E-state index is 5.91. The molecule has 1 N–H and O–H groups in total. The van der Waals surface area contributed by atoms with E-state index in [9.17, 15) is 0 Å². The minimum absolute atomic E-state index is 0.0388. The zero-order chi connectivity index (χ0) is 19.2. The summed E-state index contributed by atoms with van der Waals surface area (Å²) < 4.78 is 11.6. The van der Waals surface area contributed by atoms with Crippen LogP contribution in [0.2, 0.25) is 0 Å². The second-order valence-electron chi connectivity index (χ2n) is 6.30. The fourth-order valence-electron chi connectivity index (χ4n) is 2.72. The lowest BCUT2D eigenvalue weighted by molar-refractivity contribution is -0.000562. The van der Waals surface area contributed by atoms with Crippen molar-refractivity contribution in [2.24, 2.45) is 9.98 Å². The molecule has 27 heavy (non-hydrogen) atoms. The highest BCUT2D eigenvalue weighted by molar-refractivity contribution is 5.77. The van der Waals surface area contributed by atoms with Crippen molar-refractivity contribution in [2.75, 3.05) is 45.3 Å². The third-order valence-electron chi connectivity index (χ3n) is 4.18. The van der Waals surface area contributed by atoms with E-state index < -0.39 is 0 Å². The fraction of sp³-hybridized carbons (Fsp3) is 0.368. The molecule has 3 rings (SSSR count). The van der Waals surface area contributed by atoms with E-state index in [1.54, 1.807) is 12.3 Å². The van der Waals surface area contributed by atoms with Gasteiger partial charge in [-0.3, -0.25) is 9.98 Å². The Labute approximate surface area is 159 Å². The Morgan fingerprint density at radius 1 is 1.33 bits per heavy atom. The van der Waals surface area contributed by atoms with Crippen LogP contribution in [0.1, 0.15) is 0 Å². The normalized spacial score (nSPS) is 16.6. The highest BCUT2D eigenvalue weighted by atomic mass is 16.5. The van der Waals surface area contributed by atoms with E-state index >= 15 is 0 Å². The van der Waals surface area contributed by atoms with Crippen molar-refractivity contribution < 1.29 is 9.47 Å². The van der Waals surface area contributed by atoms with E-state index in [0.717, 1.165) is 24.5 Å². The van der Waals surface area contributed by atoms with E-state index in [2.05, 4.69) is 38.7 Å². The number of hydrogen-bond donors (Lipinski definition) is 1. The summed E-state index contributed by atoms with van der Waals surface area (Å²) in [6.45, 7) is 9.85. The molecular formula is C19H24N6O2. The van der Waals surface area contributed by atoms with Crippen LogP contribution in [0.4, 0.5) is 17.2 Å². The average molecular weight is 368 g/mol. The third kappa shape index (κ3) is 4.47. The summed E-state index contributed by atoms with van der Waals surface area (Å²) in [6, 6.07) is 5.69. The maximum Gasteiger partial charge on any atom is 0.242 e. The molecule has 3 heterocycles. The predicted octanol–water partition coefficient (Wildman–Crippen LogP) is 2.24. The Balaban J connectivity index is 1.90. The van der Waals surface area contributed by atoms with E-state index in [1.165, 1.54) is 0 Å². The number of ether oxygens (including phenoxy) is 2. The standard InChI is InChI=1S/C19H24N6O2/c1-20-16-9-15(13-5-6-17(23-10-13)25(3)4)24-19(18(16)21-2)27-12-14-11-22-7-8-26-14/h5-6,9-10,14,22H,1-2,7-8,11-12H2,3-4H3/t14-/m1/s1. The van der Waals surface area contributed by atoms with Crippen LogP contribution in [0.15, 0.2) is 34.4 Å². The summed E-state index contributed by atoms with van der Waals surface area (Å²) >= 11 is 0. The fourth-order valence-corrected chi connectivity index (χ4v) is 2.72. The molecule has 1 saturated heterocycles. The van der Waals surface area contributed by atoms with Crippen LogP contribution in [0.25, 0.3) is 11.3 Å². The third-order valence-corrected chi connectivity index (χ3v) is 4.18. The predicted molar refractivity (Wildman–Crippen MR) is 108 cm³/mol. The van der Waals surface area contributed by atoms with E-state index in [0.29, 0.717) is 36.2 Å². The number of aromatic nitrogens is 2. The van der Waals surface area contributed by atoms with E-state index in [4.69, 9.17) is 9.47 Å². The van der Waals surface area contributed by atoms with Gasteiger partial charge in [-0.2, -0.15) is 0 Å². The number of rotatable bonds is 7. The highest BCUT2D eigenvalue weighted by Crippen LogP contribution is 2.39. The molecule has 0 bridgehead atoms. The molecule has 0 radical (unpaired) electrons. The van der Waals surface area contributed by atoms with Crippen LogP contribution in [-0.2, 0) is 4.74 Å². The average Bonchev–Trinajstić information content (AvgIpc) is 2.72. The smallest absolute Gasteiger partial charge is 0.242 e. The number of hydrogen-bond acceptors (Lipinski definition) is 8. The van der Waals surface area contributed by atoms with Crippen molar-refractivity contribution in [3.8, 4) is 17.1 Å². The Morgan fingerprint density at radius 3 is 2.78 bits per heavy atom.